The third kappa shape index (κ3) is 2.14. The molecule has 1 saturated heterocycles. The molecule has 1 fully saturated rings. The third-order valence-corrected chi connectivity index (χ3v) is 3.03. The molecule has 2 atom stereocenters. The highest BCUT2D eigenvalue weighted by Crippen LogP contribution is 2.23. The summed E-state index contributed by atoms with van der Waals surface area (Å²) in [5.41, 5.74) is 1.01. The molecule has 0 radical (unpaired) electrons. The molecule has 2 nitrogen and oxygen atoms in total. The van der Waals surface area contributed by atoms with Crippen LogP contribution in [0.1, 0.15) is 29.3 Å². The Balaban J connectivity index is 2.18. The molecule has 3 heteroatoms. The topological polar surface area (TPSA) is 26.3 Å². The Hall–Kier alpha value is -1.22. The number of benzene rings is 1. The van der Waals surface area contributed by atoms with Crippen molar-refractivity contribution in [2.75, 3.05) is 6.61 Å². The maximum atomic E-state index is 13.3. The van der Waals surface area contributed by atoms with Crippen LogP contribution in [0.4, 0.5) is 4.39 Å². The SMILES string of the molecule is Cc1ccc(C(=O)C2COC(C)C2)cc1F. The summed E-state index contributed by atoms with van der Waals surface area (Å²) in [4.78, 5) is 12.0. The number of hydrogen-bond acceptors (Lipinski definition) is 2. The lowest BCUT2D eigenvalue weighted by atomic mass is 9.95. The van der Waals surface area contributed by atoms with Gasteiger partial charge >= 0.3 is 0 Å². The summed E-state index contributed by atoms with van der Waals surface area (Å²) in [5, 5.41) is 0. The van der Waals surface area contributed by atoms with E-state index in [4.69, 9.17) is 4.74 Å². The van der Waals surface area contributed by atoms with Gasteiger partial charge in [-0.05, 0) is 31.9 Å². The van der Waals surface area contributed by atoms with E-state index in [-0.39, 0.29) is 23.6 Å². The second kappa shape index (κ2) is 4.34. The van der Waals surface area contributed by atoms with E-state index in [2.05, 4.69) is 0 Å². The van der Waals surface area contributed by atoms with E-state index in [1.807, 2.05) is 6.92 Å². The molecular weight excluding hydrogens is 207 g/mol. The van der Waals surface area contributed by atoms with Gasteiger partial charge in [-0.1, -0.05) is 12.1 Å². The molecular formula is C13H15FO2. The van der Waals surface area contributed by atoms with E-state index >= 15 is 0 Å². The van der Waals surface area contributed by atoms with Gasteiger partial charge in [-0.2, -0.15) is 0 Å². The molecule has 16 heavy (non-hydrogen) atoms. The number of halogens is 1. The Labute approximate surface area is 94.4 Å². The summed E-state index contributed by atoms with van der Waals surface area (Å²) in [6, 6.07) is 4.65. The van der Waals surface area contributed by atoms with E-state index in [0.29, 0.717) is 17.7 Å². The highest BCUT2D eigenvalue weighted by molar-refractivity contribution is 5.98. The second-order valence-electron chi connectivity index (χ2n) is 4.40. The standard InChI is InChI=1S/C13H15FO2/c1-8-3-4-10(6-12(8)14)13(15)11-5-9(2)16-7-11/h3-4,6,9,11H,5,7H2,1-2H3. The molecule has 1 aromatic carbocycles. The highest BCUT2D eigenvalue weighted by Gasteiger charge is 2.29. The van der Waals surface area contributed by atoms with Crippen LogP contribution >= 0.6 is 0 Å². The molecule has 1 aromatic rings. The van der Waals surface area contributed by atoms with Crippen LogP contribution in [0.25, 0.3) is 0 Å². The number of aryl methyl sites for hydroxylation is 1. The molecule has 0 spiro atoms. The van der Waals surface area contributed by atoms with E-state index in [9.17, 15) is 9.18 Å². The largest absolute Gasteiger partial charge is 0.378 e. The summed E-state index contributed by atoms with van der Waals surface area (Å²) in [6.45, 7) is 4.09. The first-order valence-corrected chi connectivity index (χ1v) is 5.50. The first-order chi connectivity index (χ1) is 7.58. The zero-order chi connectivity index (χ0) is 11.7. The van der Waals surface area contributed by atoms with Crippen molar-refractivity contribution in [1.29, 1.82) is 0 Å². The highest BCUT2D eigenvalue weighted by atomic mass is 19.1. The smallest absolute Gasteiger partial charge is 0.168 e. The number of rotatable bonds is 2. The maximum Gasteiger partial charge on any atom is 0.168 e. The van der Waals surface area contributed by atoms with Crippen molar-refractivity contribution in [2.45, 2.75) is 26.4 Å². The van der Waals surface area contributed by atoms with Crippen LogP contribution in [-0.2, 0) is 4.74 Å². The average molecular weight is 222 g/mol. The predicted molar refractivity (Wildman–Crippen MR) is 59.0 cm³/mol. The summed E-state index contributed by atoms with van der Waals surface area (Å²) in [5.74, 6) is -0.446. The van der Waals surface area contributed by atoms with Crippen LogP contribution in [0.2, 0.25) is 0 Å². The van der Waals surface area contributed by atoms with Gasteiger partial charge in [-0.25, -0.2) is 4.39 Å². The zero-order valence-electron chi connectivity index (χ0n) is 9.50. The van der Waals surface area contributed by atoms with Crippen LogP contribution < -0.4 is 0 Å². The monoisotopic (exact) mass is 222 g/mol. The lowest BCUT2D eigenvalue weighted by Crippen LogP contribution is -2.15. The molecule has 0 bridgehead atoms. The molecule has 0 aliphatic carbocycles. The predicted octanol–water partition coefficient (Wildman–Crippen LogP) is 2.74. The Morgan fingerprint density at radius 2 is 2.25 bits per heavy atom. The summed E-state index contributed by atoms with van der Waals surface area (Å²) >= 11 is 0. The van der Waals surface area contributed by atoms with Gasteiger partial charge in [0.2, 0.25) is 0 Å². The first-order valence-electron chi connectivity index (χ1n) is 5.50. The molecule has 1 aliphatic heterocycles. The molecule has 0 saturated carbocycles. The second-order valence-corrected chi connectivity index (χ2v) is 4.40. The van der Waals surface area contributed by atoms with Gasteiger partial charge in [0.15, 0.2) is 5.78 Å². The minimum atomic E-state index is -0.321. The molecule has 2 rings (SSSR count). The molecule has 0 amide bonds. The van der Waals surface area contributed by atoms with E-state index in [1.54, 1.807) is 19.1 Å². The maximum absolute atomic E-state index is 13.3. The number of ether oxygens (including phenoxy) is 1. The van der Waals surface area contributed by atoms with Crippen molar-refractivity contribution in [2.24, 2.45) is 5.92 Å². The molecule has 0 N–H and O–H groups in total. The van der Waals surface area contributed by atoms with Crippen molar-refractivity contribution in [1.82, 2.24) is 0 Å². The molecule has 0 aromatic heterocycles. The fourth-order valence-corrected chi connectivity index (χ4v) is 1.98. The van der Waals surface area contributed by atoms with E-state index in [1.165, 1.54) is 6.07 Å². The van der Waals surface area contributed by atoms with Crippen LogP contribution in [0.15, 0.2) is 18.2 Å². The number of hydrogen-bond donors (Lipinski definition) is 0. The van der Waals surface area contributed by atoms with Crippen molar-refractivity contribution < 1.29 is 13.9 Å². The minimum Gasteiger partial charge on any atom is -0.378 e. The van der Waals surface area contributed by atoms with Crippen LogP contribution in [0, 0.1) is 18.7 Å². The molecule has 1 heterocycles. The van der Waals surface area contributed by atoms with Crippen molar-refractivity contribution in [3.8, 4) is 0 Å². The van der Waals surface area contributed by atoms with Crippen molar-refractivity contribution in [3.05, 3.63) is 35.1 Å². The third-order valence-electron chi connectivity index (χ3n) is 3.03. The quantitative estimate of drug-likeness (QED) is 0.719. The van der Waals surface area contributed by atoms with Gasteiger partial charge in [0, 0.05) is 11.5 Å². The van der Waals surface area contributed by atoms with Gasteiger partial charge in [0.1, 0.15) is 5.82 Å². The average Bonchev–Trinajstić information content (AvgIpc) is 2.68. The molecule has 2 unspecified atom stereocenters. The first kappa shape index (κ1) is 11.3. The summed E-state index contributed by atoms with van der Waals surface area (Å²) in [7, 11) is 0. The van der Waals surface area contributed by atoms with Crippen LogP contribution in [0.5, 0.6) is 0 Å². The number of carbonyl (C=O) groups is 1. The summed E-state index contributed by atoms with van der Waals surface area (Å²) < 4.78 is 18.7. The minimum absolute atomic E-state index is 0.0109. The van der Waals surface area contributed by atoms with Crippen molar-refractivity contribution in [3.63, 3.8) is 0 Å². The Bertz CT molecular complexity index is 414. The molecule has 1 aliphatic rings. The van der Waals surface area contributed by atoms with Gasteiger partial charge < -0.3 is 4.74 Å². The normalized spacial score (nSPS) is 24.7. The van der Waals surface area contributed by atoms with Gasteiger partial charge in [0.25, 0.3) is 0 Å². The Morgan fingerprint density at radius 1 is 1.50 bits per heavy atom. The fraction of sp³-hybridized carbons (Fsp3) is 0.462. The number of ketones is 1. The number of Topliss-reactive ketones (excluding diaryl/α,β-unsaturated/α-hetero) is 1. The van der Waals surface area contributed by atoms with E-state index < -0.39 is 0 Å². The molecule has 86 valence electrons. The van der Waals surface area contributed by atoms with Crippen molar-refractivity contribution >= 4 is 5.78 Å². The lowest BCUT2D eigenvalue weighted by Gasteiger charge is -2.07. The fourth-order valence-electron chi connectivity index (χ4n) is 1.98. The Morgan fingerprint density at radius 3 is 2.81 bits per heavy atom. The number of carbonyl (C=O) groups excluding carboxylic acids is 1. The zero-order valence-corrected chi connectivity index (χ0v) is 9.50. The Kier molecular flexibility index (Phi) is 3.06. The summed E-state index contributed by atoms with van der Waals surface area (Å²) in [6.07, 6.45) is 0.859. The lowest BCUT2D eigenvalue weighted by molar-refractivity contribution is 0.0877. The van der Waals surface area contributed by atoms with Gasteiger partial charge in [-0.3, -0.25) is 4.79 Å². The van der Waals surface area contributed by atoms with E-state index in [0.717, 1.165) is 6.42 Å². The van der Waals surface area contributed by atoms with Crippen LogP contribution in [-0.4, -0.2) is 18.5 Å². The van der Waals surface area contributed by atoms with Gasteiger partial charge in [-0.15, -0.1) is 0 Å². The van der Waals surface area contributed by atoms with Crippen LogP contribution in [0.3, 0.4) is 0 Å². The van der Waals surface area contributed by atoms with Gasteiger partial charge in [0.05, 0.1) is 12.7 Å².